The first-order valence-electron chi connectivity index (χ1n) is 9.20. The topological polar surface area (TPSA) is 73.9 Å². The van der Waals surface area contributed by atoms with Crippen molar-refractivity contribution in [1.82, 2.24) is 0 Å². The Morgan fingerprint density at radius 2 is 1.75 bits per heavy atom. The molecule has 1 saturated carbocycles. The van der Waals surface area contributed by atoms with Crippen LogP contribution < -0.4 is 14.8 Å². The number of amides is 1. The molecule has 2 aromatic carbocycles. The maximum Gasteiger partial charge on any atom is 0.317 e. The fraction of sp³-hybridized carbons (Fsp3) is 0.333. The van der Waals surface area contributed by atoms with Crippen LogP contribution in [0.5, 0.6) is 11.5 Å². The first-order valence-corrected chi connectivity index (χ1v) is 9.20. The van der Waals surface area contributed by atoms with Crippen LogP contribution >= 0.6 is 0 Å². The number of esters is 1. The van der Waals surface area contributed by atoms with E-state index in [0.717, 1.165) is 18.4 Å². The van der Waals surface area contributed by atoms with Crippen LogP contribution in [0.15, 0.2) is 42.5 Å². The highest BCUT2D eigenvalue weighted by Crippen LogP contribution is 2.42. The predicted molar refractivity (Wildman–Crippen MR) is 98.7 cm³/mol. The zero-order valence-electron chi connectivity index (χ0n) is 15.2. The number of rotatable bonds is 5. The highest BCUT2D eigenvalue weighted by Gasteiger charge is 2.44. The van der Waals surface area contributed by atoms with E-state index in [9.17, 15) is 14.0 Å². The molecule has 1 fully saturated rings. The third-order valence-electron chi connectivity index (χ3n) is 5.24. The molecule has 0 spiro atoms. The summed E-state index contributed by atoms with van der Waals surface area (Å²) in [6, 6.07) is 11.0. The molecule has 1 N–H and O–H groups in total. The molecule has 146 valence electrons. The van der Waals surface area contributed by atoms with Gasteiger partial charge in [-0.3, -0.25) is 9.59 Å². The smallest absolute Gasteiger partial charge is 0.317 e. The van der Waals surface area contributed by atoms with Crippen LogP contribution in [-0.2, 0) is 19.7 Å². The molecule has 0 aromatic heterocycles. The van der Waals surface area contributed by atoms with Gasteiger partial charge in [-0.25, -0.2) is 4.39 Å². The second kappa shape index (κ2) is 7.50. The number of nitrogens with one attached hydrogen (secondary N) is 1. The number of carbonyl (C=O) groups excluding carboxylic acids is 2. The molecule has 2 aromatic rings. The molecule has 7 heteroatoms. The molecule has 1 heterocycles. The lowest BCUT2D eigenvalue weighted by atomic mass is 9.79. The minimum Gasteiger partial charge on any atom is -0.455 e. The van der Waals surface area contributed by atoms with E-state index in [2.05, 4.69) is 5.32 Å². The normalized spacial score (nSPS) is 16.6. The average Bonchev–Trinajstić information content (AvgIpc) is 3.36. The van der Waals surface area contributed by atoms with E-state index in [1.807, 2.05) is 0 Å². The molecule has 28 heavy (non-hydrogen) atoms. The summed E-state index contributed by atoms with van der Waals surface area (Å²) in [4.78, 5) is 25.0. The monoisotopic (exact) mass is 385 g/mol. The highest BCUT2D eigenvalue weighted by atomic mass is 19.1. The molecule has 2 aliphatic rings. The van der Waals surface area contributed by atoms with Crippen molar-refractivity contribution in [3.8, 4) is 11.5 Å². The van der Waals surface area contributed by atoms with Gasteiger partial charge in [0.1, 0.15) is 5.82 Å². The van der Waals surface area contributed by atoms with Crippen molar-refractivity contribution >= 4 is 17.6 Å². The van der Waals surface area contributed by atoms with E-state index in [4.69, 9.17) is 14.2 Å². The second-order valence-electron chi connectivity index (χ2n) is 6.99. The van der Waals surface area contributed by atoms with Gasteiger partial charge in [-0.15, -0.1) is 0 Å². The molecule has 1 amide bonds. The van der Waals surface area contributed by atoms with Gasteiger partial charge < -0.3 is 19.5 Å². The molecule has 6 nitrogen and oxygen atoms in total. The van der Waals surface area contributed by atoms with Gasteiger partial charge in [-0.2, -0.15) is 0 Å². The van der Waals surface area contributed by atoms with Gasteiger partial charge >= 0.3 is 5.97 Å². The number of anilines is 1. The largest absolute Gasteiger partial charge is 0.455 e. The van der Waals surface area contributed by atoms with Crippen LogP contribution in [0.25, 0.3) is 0 Å². The van der Waals surface area contributed by atoms with E-state index in [1.54, 1.807) is 30.3 Å². The Labute approximate surface area is 161 Å². The van der Waals surface area contributed by atoms with Crippen LogP contribution in [0.3, 0.4) is 0 Å². The summed E-state index contributed by atoms with van der Waals surface area (Å²) in [5, 5.41) is 2.68. The third kappa shape index (κ3) is 3.52. The molecule has 0 unspecified atom stereocenters. The SMILES string of the molecule is O=C(COC(=O)C1(c2ccc(F)cc2)CCCC1)Nc1ccc2c(c1)OCO2. The Kier molecular flexibility index (Phi) is 4.90. The van der Waals surface area contributed by atoms with Crippen LogP contribution in [0.1, 0.15) is 31.2 Å². The van der Waals surface area contributed by atoms with E-state index in [0.29, 0.717) is 30.0 Å². The van der Waals surface area contributed by atoms with E-state index >= 15 is 0 Å². The van der Waals surface area contributed by atoms with Crippen molar-refractivity contribution in [2.75, 3.05) is 18.7 Å². The van der Waals surface area contributed by atoms with Crippen LogP contribution in [-0.4, -0.2) is 25.3 Å². The Hall–Kier alpha value is -3.09. The average molecular weight is 385 g/mol. The number of ether oxygens (including phenoxy) is 3. The number of hydrogen-bond donors (Lipinski definition) is 1. The van der Waals surface area contributed by atoms with Gasteiger partial charge in [0.2, 0.25) is 6.79 Å². The lowest BCUT2D eigenvalue weighted by molar-refractivity contribution is -0.153. The van der Waals surface area contributed by atoms with E-state index in [1.165, 1.54) is 12.1 Å². The summed E-state index contributed by atoms with van der Waals surface area (Å²) in [5.74, 6) is -0.0757. The highest BCUT2D eigenvalue weighted by molar-refractivity contribution is 5.94. The molecular weight excluding hydrogens is 365 g/mol. The molecule has 0 atom stereocenters. The van der Waals surface area contributed by atoms with Crippen molar-refractivity contribution in [3.63, 3.8) is 0 Å². The van der Waals surface area contributed by atoms with Gasteiger partial charge in [-0.05, 0) is 42.7 Å². The Balaban J connectivity index is 1.39. The quantitative estimate of drug-likeness (QED) is 0.797. The minimum absolute atomic E-state index is 0.149. The first kappa shape index (κ1) is 18.3. The van der Waals surface area contributed by atoms with Gasteiger partial charge in [0.25, 0.3) is 5.91 Å². The third-order valence-corrected chi connectivity index (χ3v) is 5.24. The lowest BCUT2D eigenvalue weighted by Gasteiger charge is -2.27. The Morgan fingerprint density at radius 1 is 1.04 bits per heavy atom. The minimum atomic E-state index is -0.813. The van der Waals surface area contributed by atoms with Crippen LogP contribution in [0.2, 0.25) is 0 Å². The summed E-state index contributed by atoms with van der Waals surface area (Å²) in [6.45, 7) is -0.244. The lowest BCUT2D eigenvalue weighted by Crippen LogP contribution is -2.36. The summed E-state index contributed by atoms with van der Waals surface area (Å²) < 4.78 is 29.1. The maximum atomic E-state index is 13.3. The second-order valence-corrected chi connectivity index (χ2v) is 6.99. The number of carbonyl (C=O) groups is 2. The van der Waals surface area contributed by atoms with Gasteiger partial charge in [-0.1, -0.05) is 25.0 Å². The number of fused-ring (bicyclic) bond motifs is 1. The van der Waals surface area contributed by atoms with Gasteiger partial charge in [0, 0.05) is 11.8 Å². The molecule has 1 aliphatic carbocycles. The van der Waals surface area contributed by atoms with Crippen LogP contribution in [0, 0.1) is 5.82 Å². The van der Waals surface area contributed by atoms with Crippen molar-refractivity contribution in [2.24, 2.45) is 0 Å². The summed E-state index contributed by atoms with van der Waals surface area (Å²) >= 11 is 0. The standard InChI is InChI=1S/C21H20FNO5/c22-15-5-3-14(4-6-15)21(9-1-2-10-21)20(25)26-12-19(24)23-16-7-8-17-18(11-16)28-13-27-17/h3-8,11H,1-2,9-10,12-13H2,(H,23,24). The summed E-state index contributed by atoms with van der Waals surface area (Å²) in [6.07, 6.45) is 3.02. The van der Waals surface area contributed by atoms with Crippen molar-refractivity contribution < 1.29 is 28.2 Å². The zero-order valence-corrected chi connectivity index (χ0v) is 15.2. The van der Waals surface area contributed by atoms with Gasteiger partial charge in [0.15, 0.2) is 18.1 Å². The Bertz CT molecular complexity index is 890. The predicted octanol–water partition coefficient (Wildman–Crippen LogP) is 3.55. The molecule has 0 radical (unpaired) electrons. The van der Waals surface area contributed by atoms with Gasteiger partial charge in [0.05, 0.1) is 5.41 Å². The molecule has 1 aliphatic heterocycles. The summed E-state index contributed by atoms with van der Waals surface area (Å²) in [7, 11) is 0. The van der Waals surface area contributed by atoms with Crippen molar-refractivity contribution in [3.05, 3.63) is 53.8 Å². The van der Waals surface area contributed by atoms with Crippen molar-refractivity contribution in [1.29, 1.82) is 0 Å². The fourth-order valence-corrected chi connectivity index (χ4v) is 3.80. The summed E-state index contributed by atoms with van der Waals surface area (Å²) in [5.41, 5.74) is 0.444. The number of benzene rings is 2. The number of hydrogen-bond acceptors (Lipinski definition) is 5. The van der Waals surface area contributed by atoms with E-state index < -0.39 is 23.9 Å². The van der Waals surface area contributed by atoms with Crippen molar-refractivity contribution in [2.45, 2.75) is 31.1 Å². The number of halogens is 1. The molecule has 0 saturated heterocycles. The first-order chi connectivity index (χ1) is 13.6. The molecule has 0 bridgehead atoms. The van der Waals surface area contributed by atoms with Crippen LogP contribution in [0.4, 0.5) is 10.1 Å². The Morgan fingerprint density at radius 3 is 2.50 bits per heavy atom. The fourth-order valence-electron chi connectivity index (χ4n) is 3.80. The maximum absolute atomic E-state index is 13.3. The molecular formula is C21H20FNO5. The molecule has 4 rings (SSSR count). The zero-order chi connectivity index (χ0) is 19.6. The van der Waals surface area contributed by atoms with E-state index in [-0.39, 0.29) is 12.6 Å².